The monoisotopic (exact) mass is 256 g/mol. The van der Waals surface area contributed by atoms with Crippen molar-refractivity contribution in [2.75, 3.05) is 13.1 Å². The van der Waals surface area contributed by atoms with Crippen molar-refractivity contribution in [1.82, 2.24) is 5.32 Å². The van der Waals surface area contributed by atoms with E-state index in [0.717, 1.165) is 38.6 Å². The molecule has 0 saturated carbocycles. The van der Waals surface area contributed by atoms with Gasteiger partial charge in [-0.3, -0.25) is 4.79 Å². The summed E-state index contributed by atoms with van der Waals surface area (Å²) >= 11 is 0. The summed E-state index contributed by atoms with van der Waals surface area (Å²) in [5.41, 5.74) is 5.78. The smallest absolute Gasteiger partial charge is 0.249 e. The van der Waals surface area contributed by atoms with Crippen LogP contribution < -0.4 is 11.1 Å². The van der Waals surface area contributed by atoms with Crippen molar-refractivity contribution in [3.05, 3.63) is 0 Å². The highest BCUT2D eigenvalue weighted by atomic mass is 16.5. The minimum Gasteiger partial charge on any atom is -0.364 e. The standard InChI is InChI=1S/C14H28N2O2/c1-4-14(5-2,6-3)10-16-13(17)12-8-7-11(9-15)18-12/h11-12H,4-10,15H2,1-3H3,(H,16,17)/t11-,12+/m1/s1. The zero-order valence-electron chi connectivity index (χ0n) is 12.0. The molecule has 3 N–H and O–H groups in total. The number of hydrogen-bond donors (Lipinski definition) is 2. The van der Waals surface area contributed by atoms with Crippen molar-refractivity contribution in [1.29, 1.82) is 0 Å². The fourth-order valence-corrected chi connectivity index (χ4v) is 2.59. The molecule has 0 aliphatic carbocycles. The summed E-state index contributed by atoms with van der Waals surface area (Å²) in [6, 6.07) is 0. The van der Waals surface area contributed by atoms with Gasteiger partial charge in [-0.2, -0.15) is 0 Å². The van der Waals surface area contributed by atoms with Gasteiger partial charge in [0.25, 0.3) is 0 Å². The SMILES string of the molecule is CCC(CC)(CC)CNC(=O)[C@@H]1CC[C@H](CN)O1. The third-order valence-electron chi connectivity index (χ3n) is 4.55. The highest BCUT2D eigenvalue weighted by Gasteiger charge is 2.31. The summed E-state index contributed by atoms with van der Waals surface area (Å²) in [6.07, 6.45) is 4.75. The van der Waals surface area contributed by atoms with Crippen molar-refractivity contribution in [3.63, 3.8) is 0 Å². The van der Waals surface area contributed by atoms with E-state index in [1.807, 2.05) is 0 Å². The van der Waals surface area contributed by atoms with E-state index in [1.54, 1.807) is 0 Å². The molecule has 1 rings (SSSR count). The fraction of sp³-hybridized carbons (Fsp3) is 0.929. The summed E-state index contributed by atoms with van der Waals surface area (Å²) < 4.78 is 5.60. The van der Waals surface area contributed by atoms with Crippen LogP contribution in [-0.2, 0) is 9.53 Å². The largest absolute Gasteiger partial charge is 0.364 e. The molecule has 1 saturated heterocycles. The summed E-state index contributed by atoms with van der Waals surface area (Å²) in [4.78, 5) is 12.0. The van der Waals surface area contributed by atoms with Crippen molar-refractivity contribution in [3.8, 4) is 0 Å². The van der Waals surface area contributed by atoms with Gasteiger partial charge in [-0.1, -0.05) is 20.8 Å². The highest BCUT2D eigenvalue weighted by Crippen LogP contribution is 2.29. The van der Waals surface area contributed by atoms with E-state index in [4.69, 9.17) is 10.5 Å². The molecule has 1 fully saturated rings. The molecule has 4 heteroatoms. The van der Waals surface area contributed by atoms with E-state index < -0.39 is 0 Å². The Balaban J connectivity index is 2.41. The molecular weight excluding hydrogens is 228 g/mol. The van der Waals surface area contributed by atoms with Crippen LogP contribution in [0.4, 0.5) is 0 Å². The number of carbonyl (C=O) groups is 1. The molecule has 2 atom stereocenters. The first-order chi connectivity index (χ1) is 8.60. The maximum absolute atomic E-state index is 12.0. The molecule has 0 spiro atoms. The number of amides is 1. The van der Waals surface area contributed by atoms with E-state index in [2.05, 4.69) is 26.1 Å². The minimum absolute atomic E-state index is 0.0330. The van der Waals surface area contributed by atoms with Crippen LogP contribution in [0.15, 0.2) is 0 Å². The molecule has 1 aliphatic rings. The average Bonchev–Trinajstić information content (AvgIpc) is 2.89. The first-order valence-corrected chi connectivity index (χ1v) is 7.24. The fourth-order valence-electron chi connectivity index (χ4n) is 2.59. The molecule has 1 amide bonds. The zero-order chi connectivity index (χ0) is 13.6. The average molecular weight is 256 g/mol. The number of rotatable bonds is 7. The maximum atomic E-state index is 12.0. The highest BCUT2D eigenvalue weighted by molar-refractivity contribution is 5.81. The second-order valence-corrected chi connectivity index (χ2v) is 5.34. The number of hydrogen-bond acceptors (Lipinski definition) is 3. The van der Waals surface area contributed by atoms with Gasteiger partial charge in [0.1, 0.15) is 6.10 Å². The molecule has 4 nitrogen and oxygen atoms in total. The van der Waals surface area contributed by atoms with Crippen LogP contribution in [0, 0.1) is 5.41 Å². The van der Waals surface area contributed by atoms with Gasteiger partial charge in [-0.05, 0) is 37.5 Å². The van der Waals surface area contributed by atoms with E-state index >= 15 is 0 Å². The lowest BCUT2D eigenvalue weighted by Crippen LogP contribution is -2.42. The summed E-state index contributed by atoms with van der Waals surface area (Å²) in [6.45, 7) is 7.83. The van der Waals surface area contributed by atoms with Gasteiger partial charge in [0.05, 0.1) is 6.10 Å². The predicted molar refractivity (Wildman–Crippen MR) is 73.3 cm³/mol. The first-order valence-electron chi connectivity index (χ1n) is 7.24. The second kappa shape index (κ2) is 7.10. The molecular formula is C14H28N2O2. The number of nitrogens with one attached hydrogen (secondary N) is 1. The Morgan fingerprint density at radius 3 is 2.33 bits per heavy atom. The third kappa shape index (κ3) is 3.69. The lowest BCUT2D eigenvalue weighted by molar-refractivity contribution is -0.132. The van der Waals surface area contributed by atoms with Gasteiger partial charge in [-0.25, -0.2) is 0 Å². The van der Waals surface area contributed by atoms with Gasteiger partial charge >= 0.3 is 0 Å². The molecule has 18 heavy (non-hydrogen) atoms. The van der Waals surface area contributed by atoms with Gasteiger partial charge < -0.3 is 15.8 Å². The summed E-state index contributed by atoms with van der Waals surface area (Å²) in [5, 5.41) is 3.06. The Kier molecular flexibility index (Phi) is 6.09. The van der Waals surface area contributed by atoms with Crippen LogP contribution in [0.2, 0.25) is 0 Å². The van der Waals surface area contributed by atoms with Crippen LogP contribution in [0.25, 0.3) is 0 Å². The number of ether oxygens (including phenoxy) is 1. The van der Waals surface area contributed by atoms with Crippen LogP contribution in [0.5, 0.6) is 0 Å². The van der Waals surface area contributed by atoms with Crippen molar-refractivity contribution >= 4 is 5.91 Å². The lowest BCUT2D eigenvalue weighted by Gasteiger charge is -2.31. The molecule has 0 aromatic carbocycles. The number of nitrogens with two attached hydrogens (primary N) is 1. The predicted octanol–water partition coefficient (Wildman–Crippen LogP) is 1.83. The molecule has 0 aromatic rings. The minimum atomic E-state index is -0.290. The summed E-state index contributed by atoms with van der Waals surface area (Å²) in [7, 11) is 0. The number of carbonyl (C=O) groups excluding carboxylic acids is 1. The van der Waals surface area contributed by atoms with Crippen LogP contribution in [-0.4, -0.2) is 31.2 Å². The van der Waals surface area contributed by atoms with Gasteiger partial charge in [0.15, 0.2) is 0 Å². The Hall–Kier alpha value is -0.610. The Labute approximate surface area is 111 Å². The van der Waals surface area contributed by atoms with E-state index in [-0.39, 0.29) is 23.5 Å². The van der Waals surface area contributed by atoms with Gasteiger partial charge in [-0.15, -0.1) is 0 Å². The van der Waals surface area contributed by atoms with Crippen molar-refractivity contribution in [2.24, 2.45) is 11.1 Å². The van der Waals surface area contributed by atoms with E-state index in [0.29, 0.717) is 6.54 Å². The third-order valence-corrected chi connectivity index (χ3v) is 4.55. The quantitative estimate of drug-likeness (QED) is 0.730. The summed E-state index contributed by atoms with van der Waals surface area (Å²) in [5.74, 6) is 0.0330. The molecule has 1 aliphatic heterocycles. The lowest BCUT2D eigenvalue weighted by atomic mass is 9.80. The van der Waals surface area contributed by atoms with Crippen molar-refractivity contribution < 1.29 is 9.53 Å². The van der Waals surface area contributed by atoms with Crippen molar-refractivity contribution in [2.45, 2.75) is 65.1 Å². The van der Waals surface area contributed by atoms with E-state index in [1.165, 1.54) is 0 Å². The first kappa shape index (κ1) is 15.4. The zero-order valence-corrected chi connectivity index (χ0v) is 12.0. The van der Waals surface area contributed by atoms with Crippen LogP contribution >= 0.6 is 0 Å². The van der Waals surface area contributed by atoms with Gasteiger partial charge in [0, 0.05) is 13.1 Å². The van der Waals surface area contributed by atoms with Crippen LogP contribution in [0.1, 0.15) is 52.9 Å². The Morgan fingerprint density at radius 2 is 1.89 bits per heavy atom. The maximum Gasteiger partial charge on any atom is 0.249 e. The Bertz CT molecular complexity index is 256. The topological polar surface area (TPSA) is 64.4 Å². The molecule has 106 valence electrons. The van der Waals surface area contributed by atoms with Gasteiger partial charge in [0.2, 0.25) is 5.91 Å². The molecule has 0 bridgehead atoms. The molecule has 0 aromatic heterocycles. The van der Waals surface area contributed by atoms with E-state index in [9.17, 15) is 4.79 Å². The molecule has 0 radical (unpaired) electrons. The molecule has 1 heterocycles. The Morgan fingerprint density at radius 1 is 1.28 bits per heavy atom. The molecule has 0 unspecified atom stereocenters. The second-order valence-electron chi connectivity index (χ2n) is 5.34. The normalized spacial score (nSPS) is 24.2. The van der Waals surface area contributed by atoms with Crippen LogP contribution in [0.3, 0.4) is 0 Å².